The van der Waals surface area contributed by atoms with Crippen LogP contribution in [0.3, 0.4) is 0 Å². The highest BCUT2D eigenvalue weighted by atomic mass is 19.1. The van der Waals surface area contributed by atoms with E-state index >= 15 is 0 Å². The van der Waals surface area contributed by atoms with Crippen molar-refractivity contribution >= 4 is 16.8 Å². The number of rotatable bonds is 6. The molecule has 2 heterocycles. The van der Waals surface area contributed by atoms with Crippen molar-refractivity contribution in [2.24, 2.45) is 0 Å². The van der Waals surface area contributed by atoms with Gasteiger partial charge >= 0.3 is 0 Å². The van der Waals surface area contributed by atoms with Crippen molar-refractivity contribution in [2.45, 2.75) is 19.9 Å². The second kappa shape index (κ2) is 8.32. The SMILES string of the molecule is CCOc1cc(C(=O)N[C@@H](C)c2cncc3cn[nH]c23)ccc1-c1cccc(F)c1. The molecule has 0 bridgehead atoms. The number of nitrogens with zero attached hydrogens (tertiary/aromatic N) is 2. The number of pyridine rings is 1. The van der Waals surface area contributed by atoms with Gasteiger partial charge in [-0.05, 0) is 49.7 Å². The number of hydrogen-bond acceptors (Lipinski definition) is 4. The van der Waals surface area contributed by atoms with Gasteiger partial charge in [0.15, 0.2) is 0 Å². The van der Waals surface area contributed by atoms with Crippen molar-refractivity contribution in [2.75, 3.05) is 6.61 Å². The summed E-state index contributed by atoms with van der Waals surface area (Å²) in [5.74, 6) is -0.0429. The van der Waals surface area contributed by atoms with Crippen LogP contribution in [0.2, 0.25) is 0 Å². The summed E-state index contributed by atoms with van der Waals surface area (Å²) < 4.78 is 19.4. The van der Waals surface area contributed by atoms with Gasteiger partial charge in [-0.15, -0.1) is 0 Å². The summed E-state index contributed by atoms with van der Waals surface area (Å²) in [5.41, 5.74) is 3.56. The number of H-pyrrole nitrogens is 1. The van der Waals surface area contributed by atoms with Gasteiger partial charge in [-0.25, -0.2) is 4.39 Å². The van der Waals surface area contributed by atoms with E-state index in [2.05, 4.69) is 20.5 Å². The predicted octanol–water partition coefficient (Wildman–Crippen LogP) is 4.65. The first-order chi connectivity index (χ1) is 14.6. The highest BCUT2D eigenvalue weighted by molar-refractivity contribution is 5.96. The van der Waals surface area contributed by atoms with Crippen LogP contribution in [-0.4, -0.2) is 27.7 Å². The summed E-state index contributed by atoms with van der Waals surface area (Å²) in [6, 6.07) is 11.2. The normalized spacial score (nSPS) is 12.0. The molecule has 2 aromatic heterocycles. The van der Waals surface area contributed by atoms with E-state index in [1.165, 1.54) is 12.1 Å². The van der Waals surface area contributed by atoms with E-state index in [-0.39, 0.29) is 17.8 Å². The Balaban J connectivity index is 1.61. The first-order valence-corrected chi connectivity index (χ1v) is 9.67. The number of amides is 1. The minimum atomic E-state index is -0.327. The number of halogens is 1. The fourth-order valence-electron chi connectivity index (χ4n) is 3.41. The van der Waals surface area contributed by atoms with Crippen LogP contribution in [0.4, 0.5) is 4.39 Å². The number of carbonyl (C=O) groups is 1. The van der Waals surface area contributed by atoms with Crippen molar-refractivity contribution in [1.82, 2.24) is 20.5 Å². The molecule has 0 spiro atoms. The maximum absolute atomic E-state index is 13.7. The summed E-state index contributed by atoms with van der Waals surface area (Å²) in [7, 11) is 0. The summed E-state index contributed by atoms with van der Waals surface area (Å²) in [5, 5.41) is 10.9. The molecule has 0 saturated carbocycles. The predicted molar refractivity (Wildman–Crippen MR) is 113 cm³/mol. The molecular formula is C23H21FN4O2. The van der Waals surface area contributed by atoms with Gasteiger partial charge in [-0.3, -0.25) is 14.9 Å². The molecule has 0 aliphatic carbocycles. The van der Waals surface area contributed by atoms with Gasteiger partial charge in [0, 0.05) is 34.5 Å². The van der Waals surface area contributed by atoms with Crippen molar-refractivity contribution in [3.8, 4) is 16.9 Å². The molecule has 0 unspecified atom stereocenters. The first kappa shape index (κ1) is 19.6. The van der Waals surface area contributed by atoms with Crippen LogP contribution in [-0.2, 0) is 0 Å². The minimum absolute atomic E-state index is 0.245. The quantitative estimate of drug-likeness (QED) is 0.490. The van der Waals surface area contributed by atoms with Crippen molar-refractivity contribution in [3.63, 3.8) is 0 Å². The molecular weight excluding hydrogens is 383 g/mol. The van der Waals surface area contributed by atoms with Crippen LogP contribution in [0, 0.1) is 5.82 Å². The summed E-state index contributed by atoms with van der Waals surface area (Å²) in [6.07, 6.45) is 5.13. The monoisotopic (exact) mass is 404 g/mol. The standard InChI is InChI=1S/C23H21FN4O2/c1-3-30-21-10-16(7-8-19(21)15-5-4-6-18(24)9-15)23(29)27-14(2)20-13-25-11-17-12-26-28-22(17)20/h4-14H,3H2,1-2H3,(H,26,28)(H,27,29)/t14-/m0/s1. The van der Waals surface area contributed by atoms with E-state index in [0.717, 1.165) is 22.0 Å². The zero-order valence-corrected chi connectivity index (χ0v) is 16.6. The number of nitrogens with one attached hydrogen (secondary N) is 2. The molecule has 2 aromatic carbocycles. The lowest BCUT2D eigenvalue weighted by atomic mass is 10.0. The molecule has 2 N–H and O–H groups in total. The van der Waals surface area contributed by atoms with Gasteiger partial charge in [0.05, 0.1) is 24.4 Å². The average Bonchev–Trinajstić information content (AvgIpc) is 3.22. The van der Waals surface area contributed by atoms with Crippen LogP contribution in [0.1, 0.15) is 35.8 Å². The third-order valence-corrected chi connectivity index (χ3v) is 4.88. The molecule has 152 valence electrons. The number of ether oxygens (including phenoxy) is 1. The number of hydrogen-bond donors (Lipinski definition) is 2. The lowest BCUT2D eigenvalue weighted by Crippen LogP contribution is -2.27. The molecule has 7 heteroatoms. The molecule has 0 aliphatic heterocycles. The average molecular weight is 404 g/mol. The topological polar surface area (TPSA) is 79.9 Å². The van der Waals surface area contributed by atoms with E-state index in [1.807, 2.05) is 13.8 Å². The summed E-state index contributed by atoms with van der Waals surface area (Å²) in [4.78, 5) is 17.1. The number of fused-ring (bicyclic) bond motifs is 1. The molecule has 30 heavy (non-hydrogen) atoms. The Morgan fingerprint density at radius 3 is 2.87 bits per heavy atom. The maximum atomic E-state index is 13.7. The number of aromatic amines is 1. The van der Waals surface area contributed by atoms with Gasteiger partial charge in [-0.2, -0.15) is 5.10 Å². The number of benzene rings is 2. The first-order valence-electron chi connectivity index (χ1n) is 9.67. The number of carbonyl (C=O) groups excluding carboxylic acids is 1. The Bertz CT molecular complexity index is 1200. The van der Waals surface area contributed by atoms with Crippen LogP contribution < -0.4 is 10.1 Å². The van der Waals surface area contributed by atoms with Gasteiger partial charge in [0.25, 0.3) is 5.91 Å². The van der Waals surface area contributed by atoms with E-state index in [1.54, 1.807) is 48.9 Å². The summed E-state index contributed by atoms with van der Waals surface area (Å²) >= 11 is 0. The largest absolute Gasteiger partial charge is 0.493 e. The molecule has 0 saturated heterocycles. The molecule has 0 radical (unpaired) electrons. The lowest BCUT2D eigenvalue weighted by molar-refractivity contribution is 0.0939. The minimum Gasteiger partial charge on any atom is -0.493 e. The van der Waals surface area contributed by atoms with Gasteiger partial charge in [0.2, 0.25) is 0 Å². The second-order valence-electron chi connectivity index (χ2n) is 6.91. The Hall–Kier alpha value is -3.74. The van der Waals surface area contributed by atoms with E-state index < -0.39 is 0 Å². The maximum Gasteiger partial charge on any atom is 0.251 e. The highest BCUT2D eigenvalue weighted by Crippen LogP contribution is 2.32. The van der Waals surface area contributed by atoms with Crippen molar-refractivity contribution < 1.29 is 13.9 Å². The van der Waals surface area contributed by atoms with Crippen molar-refractivity contribution in [1.29, 1.82) is 0 Å². The Morgan fingerprint density at radius 1 is 1.20 bits per heavy atom. The third kappa shape index (κ3) is 3.87. The zero-order chi connectivity index (χ0) is 21.1. The fraction of sp³-hybridized carbons (Fsp3) is 0.174. The Kier molecular flexibility index (Phi) is 5.43. The van der Waals surface area contributed by atoms with Crippen LogP contribution in [0.25, 0.3) is 22.0 Å². The molecule has 0 fully saturated rings. The van der Waals surface area contributed by atoms with Gasteiger partial charge < -0.3 is 10.1 Å². The molecule has 1 atom stereocenters. The van der Waals surface area contributed by atoms with E-state index in [0.29, 0.717) is 23.5 Å². The molecule has 4 rings (SSSR count). The number of aromatic nitrogens is 3. The highest BCUT2D eigenvalue weighted by Gasteiger charge is 2.17. The third-order valence-electron chi connectivity index (χ3n) is 4.88. The molecule has 1 amide bonds. The molecule has 0 aliphatic rings. The molecule has 4 aromatic rings. The van der Waals surface area contributed by atoms with Gasteiger partial charge in [0.1, 0.15) is 11.6 Å². The smallest absolute Gasteiger partial charge is 0.251 e. The Labute approximate surface area is 173 Å². The molecule has 6 nitrogen and oxygen atoms in total. The lowest BCUT2D eigenvalue weighted by Gasteiger charge is -2.16. The van der Waals surface area contributed by atoms with Crippen LogP contribution in [0.5, 0.6) is 5.75 Å². The van der Waals surface area contributed by atoms with E-state index in [9.17, 15) is 9.18 Å². The van der Waals surface area contributed by atoms with Crippen molar-refractivity contribution in [3.05, 3.63) is 78.0 Å². The van der Waals surface area contributed by atoms with E-state index in [4.69, 9.17) is 4.74 Å². The second-order valence-corrected chi connectivity index (χ2v) is 6.91. The summed E-state index contributed by atoms with van der Waals surface area (Å²) in [6.45, 7) is 4.18. The van der Waals surface area contributed by atoms with Crippen LogP contribution >= 0.6 is 0 Å². The Morgan fingerprint density at radius 2 is 2.07 bits per heavy atom. The van der Waals surface area contributed by atoms with Gasteiger partial charge in [-0.1, -0.05) is 12.1 Å². The zero-order valence-electron chi connectivity index (χ0n) is 16.6. The fourth-order valence-corrected chi connectivity index (χ4v) is 3.41. The van der Waals surface area contributed by atoms with Crippen LogP contribution in [0.15, 0.2) is 61.1 Å².